The normalized spacial score (nSPS) is 22.4. The zero-order valence-electron chi connectivity index (χ0n) is 14.7. The Kier molecular flexibility index (Phi) is 5.85. The van der Waals surface area contributed by atoms with Gasteiger partial charge >= 0.3 is 5.97 Å². The van der Waals surface area contributed by atoms with Crippen LogP contribution in [0, 0.1) is 0 Å². The zero-order chi connectivity index (χ0) is 17.8. The molecule has 1 aromatic rings. The minimum absolute atomic E-state index is 0.101. The number of carboxylic acids is 1. The number of carbonyl (C=O) groups is 1. The fraction of sp³-hybridized carbons (Fsp3) is 0.647. The van der Waals surface area contributed by atoms with Crippen molar-refractivity contribution < 1.29 is 15.0 Å². The minimum atomic E-state index is -0.805. The predicted octanol–water partition coefficient (Wildman–Crippen LogP) is -0.150. The van der Waals surface area contributed by atoms with Crippen molar-refractivity contribution in [2.24, 2.45) is 0 Å². The SMILES string of the molecule is CN1CCN(CCN2Cc3cc(CCC(=O)O)cnc3NC2O)CC1. The smallest absolute Gasteiger partial charge is 0.303 e. The van der Waals surface area contributed by atoms with Crippen LogP contribution in [0.3, 0.4) is 0 Å². The van der Waals surface area contributed by atoms with E-state index < -0.39 is 12.3 Å². The monoisotopic (exact) mass is 349 g/mol. The average molecular weight is 349 g/mol. The van der Waals surface area contributed by atoms with Crippen molar-refractivity contribution in [1.29, 1.82) is 0 Å². The molecule has 1 atom stereocenters. The third-order valence-electron chi connectivity index (χ3n) is 4.94. The first-order valence-electron chi connectivity index (χ1n) is 8.80. The van der Waals surface area contributed by atoms with Crippen LogP contribution in [0.4, 0.5) is 5.82 Å². The zero-order valence-corrected chi connectivity index (χ0v) is 14.7. The quantitative estimate of drug-likeness (QED) is 0.653. The number of aliphatic hydroxyl groups is 1. The summed E-state index contributed by atoms with van der Waals surface area (Å²) in [6.07, 6.45) is 1.52. The Morgan fingerprint density at radius 2 is 2.08 bits per heavy atom. The molecule has 1 fully saturated rings. The summed E-state index contributed by atoms with van der Waals surface area (Å²) < 4.78 is 0. The van der Waals surface area contributed by atoms with Crippen LogP contribution < -0.4 is 5.32 Å². The molecule has 2 aliphatic heterocycles. The van der Waals surface area contributed by atoms with Crippen LogP contribution in [-0.2, 0) is 17.8 Å². The molecule has 0 radical (unpaired) electrons. The molecule has 0 spiro atoms. The fourth-order valence-electron chi connectivity index (χ4n) is 3.26. The van der Waals surface area contributed by atoms with E-state index in [2.05, 4.69) is 27.1 Å². The highest BCUT2D eigenvalue weighted by atomic mass is 16.4. The van der Waals surface area contributed by atoms with Gasteiger partial charge in [0.25, 0.3) is 0 Å². The first kappa shape index (κ1) is 18.1. The third-order valence-corrected chi connectivity index (χ3v) is 4.94. The number of hydrogen-bond donors (Lipinski definition) is 3. The highest BCUT2D eigenvalue weighted by Gasteiger charge is 2.25. The highest BCUT2D eigenvalue weighted by molar-refractivity contribution is 5.67. The Hall–Kier alpha value is -1.74. The summed E-state index contributed by atoms with van der Waals surface area (Å²) in [4.78, 5) is 21.8. The Labute approximate surface area is 148 Å². The molecule has 1 unspecified atom stereocenters. The van der Waals surface area contributed by atoms with Gasteiger partial charge < -0.3 is 20.4 Å². The van der Waals surface area contributed by atoms with Crippen LogP contribution in [0.5, 0.6) is 0 Å². The number of pyridine rings is 1. The maximum atomic E-state index is 10.7. The van der Waals surface area contributed by atoms with E-state index in [0.717, 1.165) is 50.4 Å². The Morgan fingerprint density at radius 1 is 1.32 bits per heavy atom. The van der Waals surface area contributed by atoms with Crippen molar-refractivity contribution in [2.75, 3.05) is 51.6 Å². The van der Waals surface area contributed by atoms with Gasteiger partial charge in [-0.15, -0.1) is 0 Å². The van der Waals surface area contributed by atoms with Gasteiger partial charge in [0.1, 0.15) is 5.82 Å². The average Bonchev–Trinajstić information content (AvgIpc) is 2.59. The first-order chi connectivity index (χ1) is 12.0. The molecule has 25 heavy (non-hydrogen) atoms. The van der Waals surface area contributed by atoms with Gasteiger partial charge in [-0.2, -0.15) is 0 Å². The molecule has 3 rings (SSSR count). The number of hydrogen-bond acceptors (Lipinski definition) is 7. The number of carboxylic acid groups (broad SMARTS) is 1. The number of rotatable bonds is 6. The molecule has 1 saturated heterocycles. The number of aliphatic carboxylic acids is 1. The lowest BCUT2D eigenvalue weighted by Crippen LogP contribution is -2.50. The summed E-state index contributed by atoms with van der Waals surface area (Å²) in [7, 11) is 2.14. The van der Waals surface area contributed by atoms with Crippen molar-refractivity contribution >= 4 is 11.8 Å². The molecule has 1 aromatic heterocycles. The molecular formula is C17H27N5O3. The van der Waals surface area contributed by atoms with Crippen molar-refractivity contribution in [3.8, 4) is 0 Å². The molecule has 3 heterocycles. The number of fused-ring (bicyclic) bond motifs is 1. The summed E-state index contributed by atoms with van der Waals surface area (Å²) in [5.41, 5.74) is 1.92. The van der Waals surface area contributed by atoms with Crippen LogP contribution in [0.2, 0.25) is 0 Å². The number of nitrogens with zero attached hydrogens (tertiary/aromatic N) is 4. The van der Waals surface area contributed by atoms with E-state index in [0.29, 0.717) is 18.8 Å². The van der Waals surface area contributed by atoms with Crippen molar-refractivity contribution in [3.63, 3.8) is 0 Å². The molecule has 0 saturated carbocycles. The Morgan fingerprint density at radius 3 is 2.80 bits per heavy atom. The van der Waals surface area contributed by atoms with Gasteiger partial charge in [0.05, 0.1) is 0 Å². The Balaban J connectivity index is 1.57. The lowest BCUT2D eigenvalue weighted by Gasteiger charge is -2.37. The lowest BCUT2D eigenvalue weighted by atomic mass is 10.1. The van der Waals surface area contributed by atoms with Crippen LogP contribution in [0.1, 0.15) is 17.5 Å². The molecular weight excluding hydrogens is 322 g/mol. The van der Waals surface area contributed by atoms with Crippen LogP contribution in [0.15, 0.2) is 12.3 Å². The van der Waals surface area contributed by atoms with Crippen molar-refractivity contribution in [1.82, 2.24) is 19.7 Å². The van der Waals surface area contributed by atoms with E-state index in [1.54, 1.807) is 6.20 Å². The van der Waals surface area contributed by atoms with Crippen LogP contribution in [0.25, 0.3) is 0 Å². The summed E-state index contributed by atoms with van der Waals surface area (Å²) >= 11 is 0. The predicted molar refractivity (Wildman–Crippen MR) is 94.2 cm³/mol. The largest absolute Gasteiger partial charge is 0.481 e. The minimum Gasteiger partial charge on any atom is -0.481 e. The number of aliphatic hydroxyl groups excluding tert-OH is 1. The second-order valence-electron chi connectivity index (χ2n) is 6.88. The second kappa shape index (κ2) is 8.09. The molecule has 0 aliphatic carbocycles. The van der Waals surface area contributed by atoms with Gasteiger partial charge in [-0.3, -0.25) is 14.6 Å². The molecule has 8 heteroatoms. The third kappa shape index (κ3) is 4.88. The molecule has 3 N–H and O–H groups in total. The number of aromatic nitrogens is 1. The van der Waals surface area contributed by atoms with E-state index in [1.807, 2.05) is 11.0 Å². The van der Waals surface area contributed by atoms with Crippen LogP contribution >= 0.6 is 0 Å². The summed E-state index contributed by atoms with van der Waals surface area (Å²) in [5, 5.41) is 22.1. The van der Waals surface area contributed by atoms with E-state index in [9.17, 15) is 9.90 Å². The first-order valence-corrected chi connectivity index (χ1v) is 8.80. The van der Waals surface area contributed by atoms with E-state index in [-0.39, 0.29) is 6.42 Å². The van der Waals surface area contributed by atoms with E-state index in [4.69, 9.17) is 5.11 Å². The summed E-state index contributed by atoms with van der Waals surface area (Å²) in [6.45, 7) is 6.60. The van der Waals surface area contributed by atoms with Gasteiger partial charge in [-0.1, -0.05) is 0 Å². The number of aryl methyl sites for hydroxylation is 1. The summed E-state index contributed by atoms with van der Waals surface area (Å²) in [6, 6.07) is 1.99. The van der Waals surface area contributed by atoms with Gasteiger partial charge in [0, 0.05) is 64.0 Å². The Bertz CT molecular complexity index is 604. The van der Waals surface area contributed by atoms with Crippen LogP contribution in [-0.4, -0.2) is 88.5 Å². The van der Waals surface area contributed by atoms with Gasteiger partial charge in [0.15, 0.2) is 6.35 Å². The molecule has 0 amide bonds. The lowest BCUT2D eigenvalue weighted by molar-refractivity contribution is -0.136. The number of piperazine rings is 1. The van der Waals surface area contributed by atoms with Crippen molar-refractivity contribution in [3.05, 3.63) is 23.4 Å². The number of likely N-dealkylation sites (N-methyl/N-ethyl adjacent to an activating group) is 1. The molecule has 0 bridgehead atoms. The highest BCUT2D eigenvalue weighted by Crippen LogP contribution is 2.23. The molecule has 8 nitrogen and oxygen atoms in total. The van der Waals surface area contributed by atoms with Gasteiger partial charge in [0.2, 0.25) is 0 Å². The molecule has 2 aliphatic rings. The fourth-order valence-corrected chi connectivity index (χ4v) is 3.26. The van der Waals surface area contributed by atoms with E-state index in [1.165, 1.54) is 0 Å². The standard InChI is InChI=1S/C17H27N5O3/c1-20-4-6-21(7-5-20)8-9-22-12-14-10-13(2-3-15(23)24)11-18-16(14)19-17(22)25/h10-11,17,25H,2-9,12H2,1H3,(H,18,19)(H,23,24). The second-order valence-corrected chi connectivity index (χ2v) is 6.88. The molecule has 0 aromatic carbocycles. The number of nitrogens with one attached hydrogen (secondary N) is 1. The topological polar surface area (TPSA) is 92.2 Å². The number of anilines is 1. The van der Waals surface area contributed by atoms with Gasteiger partial charge in [-0.25, -0.2) is 4.98 Å². The van der Waals surface area contributed by atoms with Gasteiger partial charge in [-0.05, 0) is 25.1 Å². The summed E-state index contributed by atoms with van der Waals surface area (Å²) in [5.74, 6) is -0.123. The van der Waals surface area contributed by atoms with Crippen molar-refractivity contribution in [2.45, 2.75) is 25.7 Å². The molecule has 138 valence electrons. The maximum absolute atomic E-state index is 10.7. The maximum Gasteiger partial charge on any atom is 0.303 e. The van der Waals surface area contributed by atoms with E-state index >= 15 is 0 Å².